The minimum Gasteiger partial charge on any atom is -0.490 e. The lowest BCUT2D eigenvalue weighted by atomic mass is 10.1. The predicted octanol–water partition coefficient (Wildman–Crippen LogP) is 5.70. The van der Waals surface area contributed by atoms with Crippen molar-refractivity contribution in [3.63, 3.8) is 0 Å². The van der Waals surface area contributed by atoms with Crippen LogP contribution in [-0.4, -0.2) is 46.6 Å². The molecule has 1 fully saturated rings. The highest BCUT2D eigenvalue weighted by atomic mass is 19.4. The van der Waals surface area contributed by atoms with Gasteiger partial charge in [-0.1, -0.05) is 24.3 Å². The summed E-state index contributed by atoms with van der Waals surface area (Å²) in [7, 11) is 1.98. The van der Waals surface area contributed by atoms with Crippen molar-refractivity contribution in [2.24, 2.45) is 0 Å². The number of nitrogens with one attached hydrogen (secondary N) is 1. The number of alkyl halides is 3. The van der Waals surface area contributed by atoms with Gasteiger partial charge in [-0.15, -0.1) is 0 Å². The highest BCUT2D eigenvalue weighted by Gasteiger charge is 2.35. The minimum atomic E-state index is -4.60. The van der Waals surface area contributed by atoms with Gasteiger partial charge in [-0.3, -0.25) is 9.36 Å². The normalized spacial score (nSPS) is 15.1. The minimum absolute atomic E-state index is 0.0279. The number of anilines is 1. The number of carbonyl (C=O) groups excluding carboxylic acids is 1. The van der Waals surface area contributed by atoms with Gasteiger partial charge in [0.1, 0.15) is 18.2 Å². The number of carbonyl (C=O) groups is 1. The molecule has 0 aliphatic carbocycles. The maximum atomic E-state index is 13.8. The fourth-order valence-corrected chi connectivity index (χ4v) is 4.54. The molecule has 0 bridgehead atoms. The van der Waals surface area contributed by atoms with E-state index < -0.39 is 17.6 Å². The smallest absolute Gasteiger partial charge is 0.420 e. The van der Waals surface area contributed by atoms with Crippen molar-refractivity contribution in [1.29, 1.82) is 0 Å². The van der Waals surface area contributed by atoms with Crippen molar-refractivity contribution in [3.05, 3.63) is 84.2 Å². The Labute approximate surface area is 212 Å². The number of benzene rings is 3. The molecular formula is C28H27F3N4O2. The zero-order chi connectivity index (χ0) is 26.0. The molecule has 1 aromatic heterocycles. The zero-order valence-electron chi connectivity index (χ0n) is 20.3. The number of piperidine rings is 1. The molecule has 0 atom stereocenters. The summed E-state index contributed by atoms with van der Waals surface area (Å²) in [5.74, 6) is -0.611. The van der Waals surface area contributed by atoms with Crippen LogP contribution < -0.4 is 10.1 Å². The van der Waals surface area contributed by atoms with Gasteiger partial charge < -0.3 is 15.0 Å². The van der Waals surface area contributed by atoms with Crippen LogP contribution in [0.15, 0.2) is 73.1 Å². The number of aromatic nitrogens is 2. The molecule has 1 aliphatic rings. The van der Waals surface area contributed by atoms with Crippen molar-refractivity contribution in [1.82, 2.24) is 14.5 Å². The number of hydrogen-bond donors (Lipinski definition) is 1. The topological polar surface area (TPSA) is 59.4 Å². The van der Waals surface area contributed by atoms with Crippen LogP contribution in [0.1, 0.15) is 24.0 Å². The first-order valence-electron chi connectivity index (χ1n) is 12.1. The predicted molar refractivity (Wildman–Crippen MR) is 136 cm³/mol. The molecule has 0 radical (unpaired) electrons. The Morgan fingerprint density at radius 2 is 1.78 bits per heavy atom. The SMILES string of the molecule is CN1CCC(Oc2ccc(NC(=O)Cc3ccc(-n4cnc5ccccc54)cc3)cc2C(F)(F)F)CC1. The standard InChI is InChI=1S/C28H27F3N4O2/c1-34-14-12-22(13-15-34)37-26-11-8-20(17-23(26)28(29,30)31)33-27(36)16-19-6-9-21(10-7-19)35-18-32-24-4-2-3-5-25(24)35/h2-11,17-18,22H,12-16H2,1H3,(H,33,36). The summed E-state index contributed by atoms with van der Waals surface area (Å²) in [6, 6.07) is 18.9. The van der Waals surface area contributed by atoms with Gasteiger partial charge >= 0.3 is 6.18 Å². The second-order valence-electron chi connectivity index (χ2n) is 9.32. The van der Waals surface area contributed by atoms with Crippen LogP contribution in [0.25, 0.3) is 16.7 Å². The molecule has 0 spiro atoms. The van der Waals surface area contributed by atoms with E-state index in [1.807, 2.05) is 60.1 Å². The molecule has 5 rings (SSSR count). The van der Waals surface area contributed by atoms with Crippen molar-refractivity contribution >= 4 is 22.6 Å². The first-order valence-corrected chi connectivity index (χ1v) is 12.1. The van der Waals surface area contributed by atoms with Crippen molar-refractivity contribution in [2.45, 2.75) is 31.5 Å². The summed E-state index contributed by atoms with van der Waals surface area (Å²) < 4.78 is 49.0. The van der Waals surface area contributed by atoms with E-state index in [0.29, 0.717) is 12.8 Å². The number of para-hydroxylation sites is 2. The lowest BCUT2D eigenvalue weighted by Gasteiger charge is -2.30. The molecule has 1 aliphatic heterocycles. The fourth-order valence-electron chi connectivity index (χ4n) is 4.54. The van der Waals surface area contributed by atoms with Crippen LogP contribution in [0, 0.1) is 0 Å². The Hall–Kier alpha value is -3.85. The van der Waals surface area contributed by atoms with Crippen molar-refractivity contribution in [3.8, 4) is 11.4 Å². The Kier molecular flexibility index (Phi) is 6.88. The molecule has 1 N–H and O–H groups in total. The molecular weight excluding hydrogens is 481 g/mol. The number of ether oxygens (including phenoxy) is 1. The van der Waals surface area contributed by atoms with Gasteiger partial charge in [-0.25, -0.2) is 4.98 Å². The van der Waals surface area contributed by atoms with Crippen molar-refractivity contribution in [2.75, 3.05) is 25.5 Å². The van der Waals surface area contributed by atoms with E-state index in [1.165, 1.54) is 12.1 Å². The van der Waals surface area contributed by atoms with Crippen LogP contribution in [0.2, 0.25) is 0 Å². The first-order chi connectivity index (χ1) is 17.8. The van der Waals surface area contributed by atoms with E-state index in [-0.39, 0.29) is 24.0 Å². The molecule has 9 heteroatoms. The summed E-state index contributed by atoms with van der Waals surface area (Å²) in [4.78, 5) is 19.1. The van der Waals surface area contributed by atoms with Crippen LogP contribution in [0.4, 0.5) is 18.9 Å². The highest BCUT2D eigenvalue weighted by Crippen LogP contribution is 2.39. The molecule has 0 saturated carbocycles. The number of hydrogen-bond acceptors (Lipinski definition) is 4. The number of halogens is 3. The van der Waals surface area contributed by atoms with Crippen LogP contribution in [-0.2, 0) is 17.4 Å². The maximum absolute atomic E-state index is 13.8. The van der Waals surface area contributed by atoms with Gasteiger partial charge in [0.15, 0.2) is 0 Å². The second-order valence-corrected chi connectivity index (χ2v) is 9.32. The summed E-state index contributed by atoms with van der Waals surface area (Å²) in [5.41, 5.74) is 2.68. The quantitative estimate of drug-likeness (QED) is 0.363. The largest absolute Gasteiger partial charge is 0.490 e. The third kappa shape index (κ3) is 5.77. The summed E-state index contributed by atoms with van der Waals surface area (Å²) in [6.45, 7) is 1.56. The van der Waals surface area contributed by atoms with E-state index in [1.54, 1.807) is 6.33 Å². The summed E-state index contributed by atoms with van der Waals surface area (Å²) in [5, 5.41) is 2.59. The average molecular weight is 509 g/mol. The molecule has 4 aromatic rings. The average Bonchev–Trinajstić information content (AvgIpc) is 3.30. The lowest BCUT2D eigenvalue weighted by molar-refractivity contribution is -0.139. The van der Waals surface area contributed by atoms with Crippen LogP contribution in [0.5, 0.6) is 5.75 Å². The van der Waals surface area contributed by atoms with E-state index in [2.05, 4.69) is 15.2 Å². The number of amides is 1. The Morgan fingerprint density at radius 1 is 1.05 bits per heavy atom. The maximum Gasteiger partial charge on any atom is 0.420 e. The van der Waals surface area contributed by atoms with E-state index >= 15 is 0 Å². The van der Waals surface area contributed by atoms with Gasteiger partial charge in [0.05, 0.1) is 23.0 Å². The van der Waals surface area contributed by atoms with E-state index in [9.17, 15) is 18.0 Å². The molecule has 192 valence electrons. The van der Waals surface area contributed by atoms with Crippen LogP contribution >= 0.6 is 0 Å². The molecule has 37 heavy (non-hydrogen) atoms. The number of likely N-dealkylation sites (tertiary alicyclic amines) is 1. The van der Waals surface area contributed by atoms with E-state index in [0.717, 1.165) is 41.4 Å². The third-order valence-corrected chi connectivity index (χ3v) is 6.56. The Bertz CT molecular complexity index is 1390. The summed E-state index contributed by atoms with van der Waals surface area (Å²) >= 11 is 0. The van der Waals surface area contributed by atoms with Gasteiger partial charge in [0, 0.05) is 24.5 Å². The monoisotopic (exact) mass is 508 g/mol. The molecule has 2 heterocycles. The van der Waals surface area contributed by atoms with Gasteiger partial charge in [0.2, 0.25) is 5.91 Å². The fraction of sp³-hybridized carbons (Fsp3) is 0.286. The van der Waals surface area contributed by atoms with Crippen LogP contribution in [0.3, 0.4) is 0 Å². The lowest BCUT2D eigenvalue weighted by Crippen LogP contribution is -2.36. The zero-order valence-corrected chi connectivity index (χ0v) is 20.3. The third-order valence-electron chi connectivity index (χ3n) is 6.56. The molecule has 6 nitrogen and oxygen atoms in total. The van der Waals surface area contributed by atoms with E-state index in [4.69, 9.17) is 4.74 Å². The molecule has 1 saturated heterocycles. The molecule has 1 amide bonds. The van der Waals surface area contributed by atoms with Gasteiger partial charge in [-0.2, -0.15) is 13.2 Å². The number of nitrogens with zero attached hydrogens (tertiary/aromatic N) is 3. The Morgan fingerprint density at radius 3 is 2.51 bits per heavy atom. The number of rotatable bonds is 6. The number of imidazole rings is 1. The Balaban J connectivity index is 1.26. The molecule has 3 aromatic carbocycles. The first kappa shape index (κ1) is 24.8. The summed E-state index contributed by atoms with van der Waals surface area (Å²) in [6.07, 6.45) is -1.76. The highest BCUT2D eigenvalue weighted by molar-refractivity contribution is 5.92. The van der Waals surface area contributed by atoms with Gasteiger partial charge in [0.25, 0.3) is 0 Å². The van der Waals surface area contributed by atoms with Crippen molar-refractivity contribution < 1.29 is 22.7 Å². The molecule has 0 unspecified atom stereocenters. The number of fused-ring (bicyclic) bond motifs is 1. The second kappa shape index (κ2) is 10.3. The van der Waals surface area contributed by atoms with Gasteiger partial charge in [-0.05, 0) is 67.9 Å².